The predicted molar refractivity (Wildman–Crippen MR) is 68.1 cm³/mol. The fourth-order valence-electron chi connectivity index (χ4n) is 3.58. The molecule has 0 aromatic carbocycles. The fraction of sp³-hybridized carbons (Fsp3) is 0.857. The van der Waals surface area contributed by atoms with Gasteiger partial charge in [0.2, 0.25) is 0 Å². The third-order valence-corrected chi connectivity index (χ3v) is 5.40. The summed E-state index contributed by atoms with van der Waals surface area (Å²) in [4.78, 5) is 16.1. The van der Waals surface area contributed by atoms with Gasteiger partial charge in [0.15, 0.2) is 0 Å². The number of aliphatic imine (C=N–C) groups is 1. The molecule has 0 unspecified atom stereocenters. The highest BCUT2D eigenvalue weighted by Gasteiger charge is 2.59. The number of nitrogens with zero attached hydrogens (tertiary/aromatic N) is 1. The van der Waals surface area contributed by atoms with E-state index in [-0.39, 0.29) is 17.4 Å². The third-order valence-electron chi connectivity index (χ3n) is 5.40. The molecule has 0 aromatic heterocycles. The van der Waals surface area contributed by atoms with Crippen LogP contribution in [0.3, 0.4) is 0 Å². The summed E-state index contributed by atoms with van der Waals surface area (Å²) in [6.45, 7) is 8.82. The van der Waals surface area contributed by atoms with E-state index in [0.717, 1.165) is 12.3 Å². The second-order valence-electron chi connectivity index (χ2n) is 6.27. The van der Waals surface area contributed by atoms with Gasteiger partial charge in [-0.2, -0.15) is 0 Å². The lowest BCUT2D eigenvalue weighted by atomic mass is 9.70. The van der Waals surface area contributed by atoms with Crippen LogP contribution in [-0.4, -0.2) is 24.8 Å². The molecule has 3 nitrogen and oxygen atoms in total. The van der Waals surface area contributed by atoms with E-state index in [1.807, 2.05) is 6.92 Å². The van der Waals surface area contributed by atoms with Gasteiger partial charge in [-0.1, -0.05) is 20.8 Å². The van der Waals surface area contributed by atoms with Gasteiger partial charge in [0, 0.05) is 11.1 Å². The molecule has 2 rings (SSSR count). The minimum absolute atomic E-state index is 0.181. The average Bonchev–Trinajstić information content (AvgIpc) is 2.60. The van der Waals surface area contributed by atoms with Gasteiger partial charge in [0.1, 0.15) is 6.04 Å². The number of hydrogen-bond donors (Lipinski definition) is 0. The number of carbonyl (C=O) groups excluding carboxylic acids is 1. The Morgan fingerprint density at radius 3 is 2.53 bits per heavy atom. The molecule has 2 aliphatic carbocycles. The molecule has 2 fully saturated rings. The number of ether oxygens (including phenoxy) is 1. The maximum atomic E-state index is 11.4. The highest BCUT2D eigenvalue weighted by atomic mass is 16.5. The predicted octanol–water partition coefficient (Wildman–Crippen LogP) is 2.84. The third kappa shape index (κ3) is 1.62. The van der Waals surface area contributed by atoms with Crippen molar-refractivity contribution in [3.8, 4) is 0 Å². The zero-order valence-corrected chi connectivity index (χ0v) is 11.5. The number of rotatable bonds is 2. The van der Waals surface area contributed by atoms with Gasteiger partial charge in [-0.15, -0.1) is 0 Å². The molecule has 0 heterocycles. The second-order valence-corrected chi connectivity index (χ2v) is 6.27. The molecule has 0 spiro atoms. The zero-order valence-electron chi connectivity index (χ0n) is 11.5. The number of hydrogen-bond acceptors (Lipinski definition) is 3. The van der Waals surface area contributed by atoms with Gasteiger partial charge in [-0.05, 0) is 37.5 Å². The molecular formula is C14H23NO2. The normalized spacial score (nSPS) is 38.4. The van der Waals surface area contributed by atoms with E-state index in [0.29, 0.717) is 5.41 Å². The maximum absolute atomic E-state index is 11.4. The van der Waals surface area contributed by atoms with Crippen molar-refractivity contribution >= 4 is 11.7 Å². The summed E-state index contributed by atoms with van der Waals surface area (Å²) in [5.74, 6) is 0.498. The van der Waals surface area contributed by atoms with Gasteiger partial charge >= 0.3 is 5.97 Å². The lowest BCUT2D eigenvalue weighted by Gasteiger charge is -2.34. The standard InChI is InChI=1S/C14H23NO2/c1-9(12(16)17-5)15-11-8-10-6-7-14(11,4)13(10,2)3/h9-10H,6-8H2,1-5H3/t9-,10+,14-/m0/s1. The van der Waals surface area contributed by atoms with Crippen molar-refractivity contribution in [1.29, 1.82) is 0 Å². The Morgan fingerprint density at radius 1 is 1.47 bits per heavy atom. The van der Waals surface area contributed by atoms with Gasteiger partial charge in [0.25, 0.3) is 0 Å². The molecule has 3 heteroatoms. The van der Waals surface area contributed by atoms with E-state index in [2.05, 4.69) is 25.8 Å². The van der Waals surface area contributed by atoms with Gasteiger partial charge < -0.3 is 4.74 Å². The Balaban J connectivity index is 2.26. The molecule has 2 aliphatic rings. The van der Waals surface area contributed by atoms with E-state index in [1.54, 1.807) is 0 Å². The van der Waals surface area contributed by atoms with Crippen molar-refractivity contribution in [2.75, 3.05) is 7.11 Å². The van der Waals surface area contributed by atoms with E-state index in [9.17, 15) is 4.79 Å². The van der Waals surface area contributed by atoms with Crippen LogP contribution in [0.1, 0.15) is 47.0 Å². The molecule has 2 bridgehead atoms. The molecule has 0 saturated heterocycles. The SMILES string of the molecule is COC(=O)[C@H](C)N=C1C[C@H]2CC[C@]1(C)C2(C)C. The minimum Gasteiger partial charge on any atom is -0.467 e. The lowest BCUT2D eigenvalue weighted by Crippen LogP contribution is -2.33. The summed E-state index contributed by atoms with van der Waals surface area (Å²) in [5.41, 5.74) is 1.73. The van der Waals surface area contributed by atoms with Crippen molar-refractivity contribution in [3.63, 3.8) is 0 Å². The smallest absolute Gasteiger partial charge is 0.330 e. The molecule has 0 radical (unpaired) electrons. The number of carbonyl (C=O) groups is 1. The van der Waals surface area contributed by atoms with Crippen LogP contribution in [0, 0.1) is 16.7 Å². The fourth-order valence-corrected chi connectivity index (χ4v) is 3.58. The van der Waals surface area contributed by atoms with Crippen LogP contribution in [-0.2, 0) is 9.53 Å². The molecule has 0 aliphatic heterocycles. The van der Waals surface area contributed by atoms with Crippen molar-refractivity contribution in [3.05, 3.63) is 0 Å². The van der Waals surface area contributed by atoms with Crippen LogP contribution >= 0.6 is 0 Å². The monoisotopic (exact) mass is 237 g/mol. The van der Waals surface area contributed by atoms with Crippen LogP contribution in [0.25, 0.3) is 0 Å². The summed E-state index contributed by atoms with van der Waals surface area (Å²) in [5, 5.41) is 0. The highest BCUT2D eigenvalue weighted by Crippen LogP contribution is 2.64. The lowest BCUT2D eigenvalue weighted by molar-refractivity contribution is -0.141. The summed E-state index contributed by atoms with van der Waals surface area (Å²) in [6.07, 6.45) is 3.57. The molecule has 17 heavy (non-hydrogen) atoms. The minimum atomic E-state index is -0.359. The topological polar surface area (TPSA) is 38.7 Å². The number of methoxy groups -OCH3 is 1. The Labute approximate surface area is 104 Å². The van der Waals surface area contributed by atoms with Crippen molar-refractivity contribution < 1.29 is 9.53 Å². The van der Waals surface area contributed by atoms with Crippen LogP contribution in [0.15, 0.2) is 4.99 Å². The summed E-state index contributed by atoms with van der Waals surface area (Å²) in [6, 6.07) is -0.359. The summed E-state index contributed by atoms with van der Waals surface area (Å²) in [7, 11) is 1.42. The van der Waals surface area contributed by atoms with E-state index in [4.69, 9.17) is 4.74 Å². The first-order valence-corrected chi connectivity index (χ1v) is 6.48. The van der Waals surface area contributed by atoms with E-state index < -0.39 is 0 Å². The van der Waals surface area contributed by atoms with Crippen molar-refractivity contribution in [2.45, 2.75) is 53.0 Å². The molecule has 3 atom stereocenters. The van der Waals surface area contributed by atoms with Gasteiger partial charge in [0.05, 0.1) is 7.11 Å². The summed E-state index contributed by atoms with van der Waals surface area (Å²) >= 11 is 0. The van der Waals surface area contributed by atoms with E-state index >= 15 is 0 Å². The Morgan fingerprint density at radius 2 is 2.12 bits per heavy atom. The first-order chi connectivity index (χ1) is 7.83. The van der Waals surface area contributed by atoms with Crippen molar-refractivity contribution in [1.82, 2.24) is 0 Å². The highest BCUT2D eigenvalue weighted by molar-refractivity contribution is 5.95. The van der Waals surface area contributed by atoms with E-state index in [1.165, 1.54) is 25.7 Å². The quantitative estimate of drug-likeness (QED) is 0.693. The van der Waals surface area contributed by atoms with Crippen LogP contribution in [0.2, 0.25) is 0 Å². The zero-order chi connectivity index (χ0) is 12.8. The van der Waals surface area contributed by atoms with Gasteiger partial charge in [-0.3, -0.25) is 4.99 Å². The van der Waals surface area contributed by atoms with Crippen LogP contribution < -0.4 is 0 Å². The Kier molecular flexibility index (Phi) is 2.83. The first kappa shape index (κ1) is 12.6. The molecule has 0 aromatic rings. The number of fused-ring (bicyclic) bond motifs is 2. The molecule has 0 N–H and O–H groups in total. The first-order valence-electron chi connectivity index (χ1n) is 6.48. The number of esters is 1. The Bertz CT molecular complexity index is 372. The maximum Gasteiger partial charge on any atom is 0.330 e. The van der Waals surface area contributed by atoms with Gasteiger partial charge in [-0.25, -0.2) is 4.79 Å². The molecular weight excluding hydrogens is 214 g/mol. The molecule has 96 valence electrons. The Hall–Kier alpha value is -0.860. The summed E-state index contributed by atoms with van der Waals surface area (Å²) < 4.78 is 4.74. The van der Waals surface area contributed by atoms with Crippen LogP contribution in [0.4, 0.5) is 0 Å². The second kappa shape index (κ2) is 3.82. The largest absolute Gasteiger partial charge is 0.467 e. The van der Waals surface area contributed by atoms with Crippen molar-refractivity contribution in [2.24, 2.45) is 21.7 Å². The molecule has 2 saturated carbocycles. The molecule has 0 amide bonds. The average molecular weight is 237 g/mol. The van der Waals surface area contributed by atoms with Crippen LogP contribution in [0.5, 0.6) is 0 Å².